The van der Waals surface area contributed by atoms with Crippen molar-refractivity contribution in [3.8, 4) is 5.88 Å². The number of aryl methyl sites for hydroxylation is 1. The monoisotopic (exact) mass is 368 g/mol. The molecule has 2 saturated heterocycles. The molecule has 0 aliphatic carbocycles. The molecule has 1 aromatic carbocycles. The molecule has 4 heterocycles. The largest absolute Gasteiger partial charge is 0.494 e. The number of aromatic hydroxyl groups is 1. The molecule has 2 fully saturated rings. The maximum atomic E-state index is 10.7. The van der Waals surface area contributed by atoms with E-state index in [1.54, 1.807) is 0 Å². The van der Waals surface area contributed by atoms with Crippen LogP contribution in [0.4, 0.5) is 5.69 Å². The number of rotatable bonds is 3. The SMILES string of the molecule is CN1C2CCC1CC(Nc1ccc3c(c1)c(C1=NCCOC1)c(O)n3C)C2. The normalized spacial score (nSPS) is 28.5. The molecule has 6 nitrogen and oxygen atoms in total. The third-order valence-electron chi connectivity index (χ3n) is 6.70. The zero-order valence-corrected chi connectivity index (χ0v) is 16.1. The van der Waals surface area contributed by atoms with E-state index in [-0.39, 0.29) is 5.88 Å². The van der Waals surface area contributed by atoms with E-state index in [1.807, 2.05) is 11.6 Å². The van der Waals surface area contributed by atoms with Crippen molar-refractivity contribution in [2.24, 2.45) is 12.0 Å². The number of nitrogens with zero attached hydrogens (tertiary/aromatic N) is 3. The lowest BCUT2D eigenvalue weighted by atomic mass is 9.97. The van der Waals surface area contributed by atoms with Crippen LogP contribution < -0.4 is 5.32 Å². The average molecular weight is 368 g/mol. The molecule has 2 bridgehead atoms. The van der Waals surface area contributed by atoms with Crippen molar-refractivity contribution < 1.29 is 9.84 Å². The fraction of sp³-hybridized carbons (Fsp3) is 0.571. The van der Waals surface area contributed by atoms with Crippen molar-refractivity contribution in [2.45, 2.75) is 43.8 Å². The quantitative estimate of drug-likeness (QED) is 0.875. The second-order valence-electron chi connectivity index (χ2n) is 8.23. The van der Waals surface area contributed by atoms with Gasteiger partial charge >= 0.3 is 0 Å². The molecule has 144 valence electrons. The molecule has 1 aromatic heterocycles. The molecular formula is C21H28N4O2. The van der Waals surface area contributed by atoms with Gasteiger partial charge in [0.1, 0.15) is 0 Å². The van der Waals surface area contributed by atoms with Gasteiger partial charge in [0, 0.05) is 36.2 Å². The molecule has 27 heavy (non-hydrogen) atoms. The third kappa shape index (κ3) is 2.82. The summed E-state index contributed by atoms with van der Waals surface area (Å²) < 4.78 is 7.41. The number of piperidine rings is 1. The van der Waals surface area contributed by atoms with Crippen LogP contribution >= 0.6 is 0 Å². The van der Waals surface area contributed by atoms with E-state index in [0.29, 0.717) is 25.8 Å². The van der Waals surface area contributed by atoms with Crippen LogP contribution in [0.25, 0.3) is 10.9 Å². The summed E-state index contributed by atoms with van der Waals surface area (Å²) in [6, 6.07) is 8.35. The third-order valence-corrected chi connectivity index (χ3v) is 6.70. The molecule has 2 aromatic rings. The van der Waals surface area contributed by atoms with E-state index in [2.05, 4.69) is 40.5 Å². The van der Waals surface area contributed by atoms with Gasteiger partial charge in [0.15, 0.2) is 0 Å². The lowest BCUT2D eigenvalue weighted by molar-refractivity contribution is 0.169. The van der Waals surface area contributed by atoms with Crippen molar-refractivity contribution in [1.82, 2.24) is 9.47 Å². The maximum absolute atomic E-state index is 10.7. The van der Waals surface area contributed by atoms with E-state index >= 15 is 0 Å². The van der Waals surface area contributed by atoms with Gasteiger partial charge in [-0.25, -0.2) is 0 Å². The van der Waals surface area contributed by atoms with Crippen LogP contribution in [0.15, 0.2) is 23.2 Å². The van der Waals surface area contributed by atoms with Crippen molar-refractivity contribution in [2.75, 3.05) is 32.1 Å². The van der Waals surface area contributed by atoms with Crippen molar-refractivity contribution in [3.05, 3.63) is 23.8 Å². The highest BCUT2D eigenvalue weighted by molar-refractivity contribution is 6.14. The molecule has 3 aliphatic rings. The minimum absolute atomic E-state index is 0.267. The highest BCUT2D eigenvalue weighted by Gasteiger charge is 2.38. The Kier molecular flexibility index (Phi) is 4.13. The van der Waals surface area contributed by atoms with E-state index in [1.165, 1.54) is 25.7 Å². The van der Waals surface area contributed by atoms with Gasteiger partial charge in [-0.3, -0.25) is 4.99 Å². The zero-order chi connectivity index (χ0) is 18.5. The van der Waals surface area contributed by atoms with Crippen LogP contribution in [0.5, 0.6) is 5.88 Å². The van der Waals surface area contributed by atoms with Crippen LogP contribution in [0, 0.1) is 0 Å². The number of nitrogens with one attached hydrogen (secondary N) is 1. The fourth-order valence-corrected chi connectivity index (χ4v) is 5.18. The second kappa shape index (κ2) is 6.53. The van der Waals surface area contributed by atoms with Gasteiger partial charge in [0.25, 0.3) is 0 Å². The molecular weight excluding hydrogens is 340 g/mol. The molecule has 2 unspecified atom stereocenters. The number of benzene rings is 1. The van der Waals surface area contributed by atoms with Crippen LogP contribution in [0.3, 0.4) is 0 Å². The molecule has 6 heteroatoms. The number of aromatic nitrogens is 1. The second-order valence-corrected chi connectivity index (χ2v) is 8.23. The van der Waals surface area contributed by atoms with Gasteiger partial charge in [0.2, 0.25) is 5.88 Å². The van der Waals surface area contributed by atoms with E-state index in [4.69, 9.17) is 4.74 Å². The van der Waals surface area contributed by atoms with E-state index < -0.39 is 0 Å². The summed E-state index contributed by atoms with van der Waals surface area (Å²) >= 11 is 0. The Hall–Kier alpha value is -2.05. The van der Waals surface area contributed by atoms with Crippen molar-refractivity contribution in [3.63, 3.8) is 0 Å². The van der Waals surface area contributed by atoms with Crippen LogP contribution in [0.2, 0.25) is 0 Å². The minimum atomic E-state index is 0.267. The predicted octanol–water partition coefficient (Wildman–Crippen LogP) is 2.74. The first-order valence-electron chi connectivity index (χ1n) is 10.0. The number of hydrogen-bond donors (Lipinski definition) is 2. The van der Waals surface area contributed by atoms with Crippen LogP contribution in [0.1, 0.15) is 31.2 Å². The standard InChI is InChI=1S/C21H28N4O2/c1-24-15-4-5-16(24)10-14(9-15)23-13-3-6-19-17(11-13)20(21(26)25(19)2)18-12-27-8-7-22-18/h3,6,11,14-16,23,26H,4-5,7-10,12H2,1-2H3. The highest BCUT2D eigenvalue weighted by atomic mass is 16.5. The molecule has 2 atom stereocenters. The molecule has 0 spiro atoms. The number of hydrogen-bond acceptors (Lipinski definition) is 5. The summed E-state index contributed by atoms with van der Waals surface area (Å²) in [7, 11) is 4.17. The van der Waals surface area contributed by atoms with Crippen molar-refractivity contribution in [1.29, 1.82) is 0 Å². The van der Waals surface area contributed by atoms with Crippen LogP contribution in [-0.4, -0.2) is 65.2 Å². The lowest BCUT2D eigenvalue weighted by Gasteiger charge is -2.37. The maximum Gasteiger partial charge on any atom is 0.201 e. The minimum Gasteiger partial charge on any atom is -0.494 e. The van der Waals surface area contributed by atoms with Gasteiger partial charge < -0.3 is 24.6 Å². The molecule has 0 amide bonds. The number of fused-ring (bicyclic) bond motifs is 3. The summed E-state index contributed by atoms with van der Waals surface area (Å²) in [5, 5.41) is 15.5. The predicted molar refractivity (Wildman–Crippen MR) is 108 cm³/mol. The topological polar surface area (TPSA) is 62.0 Å². The van der Waals surface area contributed by atoms with Gasteiger partial charge in [-0.2, -0.15) is 0 Å². The zero-order valence-electron chi connectivity index (χ0n) is 16.1. The summed E-state index contributed by atoms with van der Waals surface area (Å²) in [4.78, 5) is 7.16. The average Bonchev–Trinajstić information content (AvgIpc) is 3.03. The number of aliphatic imine (C=N–C) groups is 1. The Bertz CT molecular complexity index is 889. The summed E-state index contributed by atoms with van der Waals surface area (Å²) in [6.45, 7) is 1.77. The molecule has 0 saturated carbocycles. The molecule has 3 aliphatic heterocycles. The van der Waals surface area contributed by atoms with Crippen LogP contribution in [-0.2, 0) is 11.8 Å². The summed E-state index contributed by atoms with van der Waals surface area (Å²) in [5.41, 5.74) is 3.81. The Labute approximate surface area is 159 Å². The number of anilines is 1. The highest BCUT2D eigenvalue weighted by Crippen LogP contribution is 2.37. The van der Waals surface area contributed by atoms with E-state index in [9.17, 15) is 5.11 Å². The Morgan fingerprint density at radius 2 is 1.96 bits per heavy atom. The molecule has 2 N–H and O–H groups in total. The first kappa shape index (κ1) is 17.1. The van der Waals surface area contributed by atoms with Gasteiger partial charge in [0.05, 0.1) is 36.6 Å². The first-order valence-corrected chi connectivity index (χ1v) is 10.0. The lowest BCUT2D eigenvalue weighted by Crippen LogP contribution is -2.44. The molecule has 5 rings (SSSR count). The summed E-state index contributed by atoms with van der Waals surface area (Å²) in [5.74, 6) is 0.267. The Morgan fingerprint density at radius 3 is 2.67 bits per heavy atom. The fourth-order valence-electron chi connectivity index (χ4n) is 5.18. The smallest absolute Gasteiger partial charge is 0.201 e. The van der Waals surface area contributed by atoms with E-state index in [0.717, 1.165) is 39.9 Å². The van der Waals surface area contributed by atoms with Gasteiger partial charge in [-0.1, -0.05) is 0 Å². The molecule has 0 radical (unpaired) electrons. The Balaban J connectivity index is 1.47. The van der Waals surface area contributed by atoms with Gasteiger partial charge in [-0.15, -0.1) is 0 Å². The Morgan fingerprint density at radius 1 is 1.19 bits per heavy atom. The first-order chi connectivity index (χ1) is 13.1. The van der Waals surface area contributed by atoms with Gasteiger partial charge in [-0.05, 0) is 50.9 Å². The summed E-state index contributed by atoms with van der Waals surface area (Å²) in [6.07, 6.45) is 5.07. The number of ether oxygens (including phenoxy) is 1. The van der Waals surface area contributed by atoms with Crippen molar-refractivity contribution >= 4 is 22.3 Å².